The maximum atomic E-state index is 12.2. The topological polar surface area (TPSA) is 80.0 Å². The predicted octanol–water partition coefficient (Wildman–Crippen LogP) is 2.37. The van der Waals surface area contributed by atoms with Crippen molar-refractivity contribution < 1.29 is 9.21 Å². The van der Waals surface area contributed by atoms with Crippen LogP contribution in [0.15, 0.2) is 22.6 Å². The van der Waals surface area contributed by atoms with Crippen LogP contribution in [0.1, 0.15) is 28.7 Å². The largest absolute Gasteiger partial charge is 0.408 e. The van der Waals surface area contributed by atoms with Crippen LogP contribution in [-0.2, 0) is 0 Å². The minimum absolute atomic E-state index is 0.103. The summed E-state index contributed by atoms with van der Waals surface area (Å²) in [7, 11) is 0. The van der Waals surface area contributed by atoms with E-state index in [0.717, 1.165) is 17.8 Å². The zero-order valence-electron chi connectivity index (χ0n) is 11.2. The van der Waals surface area contributed by atoms with Gasteiger partial charge in [-0.15, -0.1) is 5.10 Å². The highest BCUT2D eigenvalue weighted by atomic mass is 16.4. The lowest BCUT2D eigenvalue weighted by Gasteiger charge is -2.10. The van der Waals surface area contributed by atoms with Crippen molar-refractivity contribution in [2.24, 2.45) is 0 Å². The second-order valence-electron chi connectivity index (χ2n) is 4.16. The molecule has 0 fully saturated rings. The van der Waals surface area contributed by atoms with Crippen LogP contribution in [-0.4, -0.2) is 22.6 Å². The molecule has 0 aliphatic rings. The first-order chi connectivity index (χ1) is 9.10. The molecule has 19 heavy (non-hydrogen) atoms. The highest BCUT2D eigenvalue weighted by Gasteiger charge is 2.14. The van der Waals surface area contributed by atoms with Gasteiger partial charge in [0, 0.05) is 19.2 Å². The van der Waals surface area contributed by atoms with Gasteiger partial charge in [0.25, 0.3) is 5.91 Å². The summed E-state index contributed by atoms with van der Waals surface area (Å²) in [6, 6.07) is 5.75. The van der Waals surface area contributed by atoms with E-state index in [-0.39, 0.29) is 11.9 Å². The van der Waals surface area contributed by atoms with Gasteiger partial charge in [0.15, 0.2) is 0 Å². The Hall–Kier alpha value is -2.37. The van der Waals surface area contributed by atoms with Crippen molar-refractivity contribution in [1.29, 1.82) is 0 Å². The average molecular weight is 260 g/mol. The van der Waals surface area contributed by atoms with Crippen LogP contribution in [0.25, 0.3) is 0 Å². The van der Waals surface area contributed by atoms with Crippen molar-refractivity contribution in [3.05, 3.63) is 35.2 Å². The van der Waals surface area contributed by atoms with Gasteiger partial charge in [-0.3, -0.25) is 10.1 Å². The molecule has 0 saturated carbocycles. The molecule has 0 spiro atoms. The molecule has 2 aromatic rings. The fourth-order valence-corrected chi connectivity index (χ4v) is 1.70. The SMILES string of the molecule is CCNc1ccc(C)cc1C(=O)Nc1nnc(C)o1. The zero-order chi connectivity index (χ0) is 13.8. The lowest BCUT2D eigenvalue weighted by molar-refractivity contribution is 0.102. The van der Waals surface area contributed by atoms with Crippen molar-refractivity contribution in [3.8, 4) is 0 Å². The molecule has 2 N–H and O–H groups in total. The third kappa shape index (κ3) is 3.09. The summed E-state index contributed by atoms with van der Waals surface area (Å²) in [6.45, 7) is 6.31. The van der Waals surface area contributed by atoms with Gasteiger partial charge < -0.3 is 9.73 Å². The third-order valence-electron chi connectivity index (χ3n) is 2.53. The van der Waals surface area contributed by atoms with Gasteiger partial charge in [0.05, 0.1) is 5.56 Å². The van der Waals surface area contributed by atoms with Crippen LogP contribution in [0.3, 0.4) is 0 Å². The molecule has 6 heteroatoms. The van der Waals surface area contributed by atoms with Crippen molar-refractivity contribution >= 4 is 17.6 Å². The van der Waals surface area contributed by atoms with Crippen LogP contribution in [0.4, 0.5) is 11.7 Å². The van der Waals surface area contributed by atoms with Crippen molar-refractivity contribution in [2.75, 3.05) is 17.2 Å². The van der Waals surface area contributed by atoms with E-state index in [1.54, 1.807) is 6.92 Å². The first-order valence-electron chi connectivity index (χ1n) is 6.06. The van der Waals surface area contributed by atoms with Crippen molar-refractivity contribution in [2.45, 2.75) is 20.8 Å². The standard InChI is InChI=1S/C13H16N4O2/c1-4-14-11-6-5-8(2)7-10(11)12(18)15-13-17-16-9(3)19-13/h5-7,14H,4H2,1-3H3,(H,15,17,18). The summed E-state index contributed by atoms with van der Waals surface area (Å²) in [5.74, 6) is 0.134. The Morgan fingerprint density at radius 3 is 2.74 bits per heavy atom. The number of nitrogens with zero attached hydrogens (tertiary/aromatic N) is 2. The monoisotopic (exact) mass is 260 g/mol. The molecule has 0 aliphatic carbocycles. The Bertz CT molecular complexity index is 592. The molecule has 1 aromatic heterocycles. The lowest BCUT2D eigenvalue weighted by atomic mass is 10.1. The van der Waals surface area contributed by atoms with E-state index in [0.29, 0.717) is 11.5 Å². The molecular weight excluding hydrogens is 244 g/mol. The molecule has 1 aromatic carbocycles. The maximum Gasteiger partial charge on any atom is 0.322 e. The number of hydrogen-bond donors (Lipinski definition) is 2. The van der Waals surface area contributed by atoms with Gasteiger partial charge in [-0.05, 0) is 26.0 Å². The highest BCUT2D eigenvalue weighted by molar-refractivity contribution is 6.07. The zero-order valence-corrected chi connectivity index (χ0v) is 11.2. The number of rotatable bonds is 4. The molecule has 2 rings (SSSR count). The van der Waals surface area contributed by atoms with E-state index in [4.69, 9.17) is 4.42 Å². The number of anilines is 2. The molecule has 0 saturated heterocycles. The van der Waals surface area contributed by atoms with Crippen LogP contribution >= 0.6 is 0 Å². The van der Waals surface area contributed by atoms with Crippen LogP contribution in [0.2, 0.25) is 0 Å². The predicted molar refractivity (Wildman–Crippen MR) is 72.3 cm³/mol. The van der Waals surface area contributed by atoms with E-state index in [1.165, 1.54) is 0 Å². The Morgan fingerprint density at radius 1 is 1.32 bits per heavy atom. The summed E-state index contributed by atoms with van der Waals surface area (Å²) in [4.78, 5) is 12.2. The van der Waals surface area contributed by atoms with Crippen LogP contribution in [0, 0.1) is 13.8 Å². The Balaban J connectivity index is 2.24. The van der Waals surface area contributed by atoms with E-state index >= 15 is 0 Å². The quantitative estimate of drug-likeness (QED) is 0.882. The summed E-state index contributed by atoms with van der Waals surface area (Å²) >= 11 is 0. The molecular formula is C13H16N4O2. The second kappa shape index (κ2) is 5.51. The Labute approximate surface area is 111 Å². The molecule has 0 unspecified atom stereocenters. The van der Waals surface area contributed by atoms with E-state index < -0.39 is 0 Å². The molecule has 100 valence electrons. The van der Waals surface area contributed by atoms with E-state index in [1.807, 2.05) is 32.0 Å². The number of aromatic nitrogens is 2. The minimum Gasteiger partial charge on any atom is -0.408 e. The number of carbonyl (C=O) groups is 1. The number of nitrogens with one attached hydrogen (secondary N) is 2. The maximum absolute atomic E-state index is 12.2. The van der Waals surface area contributed by atoms with Crippen molar-refractivity contribution in [3.63, 3.8) is 0 Å². The fraction of sp³-hybridized carbons (Fsp3) is 0.308. The summed E-state index contributed by atoms with van der Waals surface area (Å²) < 4.78 is 5.13. The van der Waals surface area contributed by atoms with Gasteiger partial charge >= 0.3 is 6.01 Å². The van der Waals surface area contributed by atoms with Gasteiger partial charge in [0.1, 0.15) is 0 Å². The van der Waals surface area contributed by atoms with E-state index in [9.17, 15) is 4.79 Å². The van der Waals surface area contributed by atoms with Gasteiger partial charge in [0.2, 0.25) is 5.89 Å². The second-order valence-corrected chi connectivity index (χ2v) is 4.16. The summed E-state index contributed by atoms with van der Waals surface area (Å²) in [5, 5.41) is 13.1. The van der Waals surface area contributed by atoms with Crippen LogP contribution in [0.5, 0.6) is 0 Å². The van der Waals surface area contributed by atoms with Gasteiger partial charge in [-0.2, -0.15) is 0 Å². The number of benzene rings is 1. The molecule has 0 aliphatic heterocycles. The average Bonchev–Trinajstić information content (AvgIpc) is 2.77. The molecule has 0 radical (unpaired) electrons. The number of hydrogen-bond acceptors (Lipinski definition) is 5. The number of carbonyl (C=O) groups excluding carboxylic acids is 1. The normalized spacial score (nSPS) is 10.3. The molecule has 1 heterocycles. The Morgan fingerprint density at radius 2 is 2.11 bits per heavy atom. The third-order valence-corrected chi connectivity index (χ3v) is 2.53. The van der Waals surface area contributed by atoms with Crippen LogP contribution < -0.4 is 10.6 Å². The molecule has 1 amide bonds. The van der Waals surface area contributed by atoms with Gasteiger partial charge in [-0.1, -0.05) is 16.7 Å². The smallest absolute Gasteiger partial charge is 0.322 e. The fourth-order valence-electron chi connectivity index (χ4n) is 1.70. The molecule has 0 bridgehead atoms. The summed E-state index contributed by atoms with van der Waals surface area (Å²) in [5.41, 5.74) is 2.34. The highest BCUT2D eigenvalue weighted by Crippen LogP contribution is 2.18. The molecule has 0 atom stereocenters. The summed E-state index contributed by atoms with van der Waals surface area (Å²) in [6.07, 6.45) is 0. The van der Waals surface area contributed by atoms with Gasteiger partial charge in [-0.25, -0.2) is 0 Å². The van der Waals surface area contributed by atoms with Crippen molar-refractivity contribution in [1.82, 2.24) is 10.2 Å². The number of aryl methyl sites for hydroxylation is 2. The number of amides is 1. The molecule has 6 nitrogen and oxygen atoms in total. The Kier molecular flexibility index (Phi) is 3.79. The van der Waals surface area contributed by atoms with E-state index in [2.05, 4.69) is 20.8 Å². The minimum atomic E-state index is -0.275. The first kappa shape index (κ1) is 13.1. The first-order valence-corrected chi connectivity index (χ1v) is 6.06. The lowest BCUT2D eigenvalue weighted by Crippen LogP contribution is -2.15.